The van der Waals surface area contributed by atoms with Crippen LogP contribution >= 0.6 is 11.3 Å². The molecule has 1 aliphatic rings. The summed E-state index contributed by atoms with van der Waals surface area (Å²) >= 11 is 1.55. The monoisotopic (exact) mass is 241 g/mol. The molecule has 2 heterocycles. The van der Waals surface area contributed by atoms with Crippen LogP contribution in [0.15, 0.2) is 5.38 Å². The molecule has 5 nitrogen and oxygen atoms in total. The summed E-state index contributed by atoms with van der Waals surface area (Å²) < 4.78 is 5.38. The molecule has 88 valence electrons. The van der Waals surface area contributed by atoms with E-state index >= 15 is 0 Å². The summed E-state index contributed by atoms with van der Waals surface area (Å²) in [4.78, 5) is 18.2. The number of nitrogens with zero attached hydrogens (tertiary/aromatic N) is 2. The number of thiazole rings is 1. The van der Waals surface area contributed by atoms with Gasteiger partial charge in [-0.1, -0.05) is 0 Å². The quantitative estimate of drug-likeness (QED) is 0.814. The maximum atomic E-state index is 12.1. The number of aryl methyl sites for hydroxylation is 1. The minimum atomic E-state index is -0.274. The Hall–Kier alpha value is -0.980. The molecule has 1 saturated heterocycles. The fraction of sp³-hybridized carbons (Fsp3) is 0.600. The van der Waals surface area contributed by atoms with Crippen molar-refractivity contribution in [3.05, 3.63) is 10.4 Å². The van der Waals surface area contributed by atoms with Gasteiger partial charge < -0.3 is 10.1 Å². The van der Waals surface area contributed by atoms with Gasteiger partial charge in [-0.2, -0.15) is 0 Å². The molecule has 0 aromatic carbocycles. The Balaban J connectivity index is 2.21. The summed E-state index contributed by atoms with van der Waals surface area (Å²) in [5.41, 5.74) is 0. The van der Waals surface area contributed by atoms with E-state index in [1.165, 1.54) is 0 Å². The second-order valence-electron chi connectivity index (χ2n) is 3.63. The SMILES string of the molecule is CNC1COCCN(c2csc(C)n2)C1=O. The predicted molar refractivity (Wildman–Crippen MR) is 62.9 cm³/mol. The van der Waals surface area contributed by atoms with Crippen molar-refractivity contribution >= 4 is 23.1 Å². The highest BCUT2D eigenvalue weighted by molar-refractivity contribution is 7.09. The van der Waals surface area contributed by atoms with Gasteiger partial charge in [0.25, 0.3) is 0 Å². The van der Waals surface area contributed by atoms with Crippen LogP contribution in [0, 0.1) is 6.92 Å². The van der Waals surface area contributed by atoms with Gasteiger partial charge in [-0.3, -0.25) is 9.69 Å². The van der Waals surface area contributed by atoms with Crippen LogP contribution in [0.1, 0.15) is 5.01 Å². The number of hydrogen-bond donors (Lipinski definition) is 1. The minimum absolute atomic E-state index is 0.0327. The van der Waals surface area contributed by atoms with E-state index in [-0.39, 0.29) is 11.9 Å². The van der Waals surface area contributed by atoms with Crippen molar-refractivity contribution in [2.24, 2.45) is 0 Å². The maximum absolute atomic E-state index is 12.1. The van der Waals surface area contributed by atoms with Gasteiger partial charge in [-0.15, -0.1) is 11.3 Å². The molecule has 0 bridgehead atoms. The van der Waals surface area contributed by atoms with Crippen molar-refractivity contribution in [1.82, 2.24) is 10.3 Å². The molecule has 1 atom stereocenters. The van der Waals surface area contributed by atoms with E-state index in [2.05, 4.69) is 10.3 Å². The number of rotatable bonds is 2. The molecule has 6 heteroatoms. The molecular weight excluding hydrogens is 226 g/mol. The average molecular weight is 241 g/mol. The smallest absolute Gasteiger partial charge is 0.247 e. The molecule has 0 radical (unpaired) electrons. The molecule has 2 rings (SSSR count). The number of anilines is 1. The summed E-state index contributed by atoms with van der Waals surface area (Å²) in [5.74, 6) is 0.767. The molecule has 0 aliphatic carbocycles. The first-order valence-corrected chi connectivity index (χ1v) is 6.09. The number of ether oxygens (including phenoxy) is 1. The van der Waals surface area contributed by atoms with Crippen molar-refractivity contribution in [2.45, 2.75) is 13.0 Å². The number of aromatic nitrogens is 1. The van der Waals surface area contributed by atoms with Gasteiger partial charge in [0, 0.05) is 5.38 Å². The summed E-state index contributed by atoms with van der Waals surface area (Å²) in [6, 6.07) is -0.274. The lowest BCUT2D eigenvalue weighted by Crippen LogP contribution is -2.46. The summed E-state index contributed by atoms with van der Waals surface area (Å²) in [7, 11) is 1.77. The Morgan fingerprint density at radius 3 is 3.12 bits per heavy atom. The van der Waals surface area contributed by atoms with Gasteiger partial charge in [0.15, 0.2) is 0 Å². The Morgan fingerprint density at radius 2 is 2.50 bits per heavy atom. The zero-order valence-electron chi connectivity index (χ0n) is 9.40. The van der Waals surface area contributed by atoms with Crippen LogP contribution in [-0.4, -0.2) is 43.7 Å². The molecule has 1 aromatic rings. The third kappa shape index (κ3) is 2.23. The highest BCUT2D eigenvalue weighted by Gasteiger charge is 2.28. The number of likely N-dealkylation sites (N-methyl/N-ethyl adjacent to an activating group) is 1. The molecule has 1 N–H and O–H groups in total. The Labute approximate surface area is 98.4 Å². The van der Waals surface area contributed by atoms with Crippen molar-refractivity contribution in [3.8, 4) is 0 Å². The first-order chi connectivity index (χ1) is 7.72. The summed E-state index contributed by atoms with van der Waals surface area (Å²) in [6.07, 6.45) is 0. The van der Waals surface area contributed by atoms with Crippen LogP contribution in [0.2, 0.25) is 0 Å². The van der Waals surface area contributed by atoms with Crippen LogP contribution in [0.4, 0.5) is 5.82 Å². The van der Waals surface area contributed by atoms with Crippen molar-refractivity contribution < 1.29 is 9.53 Å². The molecule has 16 heavy (non-hydrogen) atoms. The minimum Gasteiger partial charge on any atom is -0.377 e. The van der Waals surface area contributed by atoms with Crippen LogP contribution < -0.4 is 10.2 Å². The first kappa shape index (κ1) is 11.5. The Morgan fingerprint density at radius 1 is 1.69 bits per heavy atom. The fourth-order valence-electron chi connectivity index (χ4n) is 1.64. The van der Waals surface area contributed by atoms with Crippen LogP contribution in [-0.2, 0) is 9.53 Å². The number of carbonyl (C=O) groups excluding carboxylic acids is 1. The zero-order valence-corrected chi connectivity index (χ0v) is 10.2. The van der Waals surface area contributed by atoms with Gasteiger partial charge >= 0.3 is 0 Å². The van der Waals surface area contributed by atoms with E-state index < -0.39 is 0 Å². The lowest BCUT2D eigenvalue weighted by Gasteiger charge is -2.20. The summed E-state index contributed by atoms with van der Waals surface area (Å²) in [6.45, 7) is 3.48. The van der Waals surface area contributed by atoms with Crippen molar-refractivity contribution in [2.75, 3.05) is 31.7 Å². The van der Waals surface area contributed by atoms with Gasteiger partial charge in [-0.25, -0.2) is 4.98 Å². The van der Waals surface area contributed by atoms with E-state index in [0.29, 0.717) is 19.8 Å². The highest BCUT2D eigenvalue weighted by atomic mass is 32.1. The van der Waals surface area contributed by atoms with Crippen LogP contribution in [0.25, 0.3) is 0 Å². The number of amides is 1. The number of nitrogens with one attached hydrogen (secondary N) is 1. The Kier molecular flexibility index (Phi) is 3.52. The van der Waals surface area contributed by atoms with Crippen LogP contribution in [0.3, 0.4) is 0 Å². The number of carbonyl (C=O) groups is 1. The predicted octanol–water partition coefficient (Wildman–Crippen LogP) is 0.403. The van der Waals surface area contributed by atoms with E-state index in [9.17, 15) is 4.79 Å². The van der Waals surface area contributed by atoms with E-state index in [1.54, 1.807) is 23.3 Å². The Bertz CT molecular complexity index is 380. The highest BCUT2D eigenvalue weighted by Crippen LogP contribution is 2.19. The molecule has 1 unspecified atom stereocenters. The van der Waals surface area contributed by atoms with Gasteiger partial charge in [0.05, 0.1) is 24.8 Å². The molecule has 0 spiro atoms. The second-order valence-corrected chi connectivity index (χ2v) is 4.69. The van der Waals surface area contributed by atoms with E-state index in [1.807, 2.05) is 12.3 Å². The largest absolute Gasteiger partial charge is 0.377 e. The molecule has 1 amide bonds. The zero-order chi connectivity index (χ0) is 11.5. The lowest BCUT2D eigenvalue weighted by atomic mass is 10.3. The standard InChI is InChI=1S/C10H15N3O2S/c1-7-12-9(6-16-7)13-3-4-15-5-8(11-2)10(13)14/h6,8,11H,3-5H2,1-2H3. The van der Waals surface area contributed by atoms with Crippen LogP contribution in [0.5, 0.6) is 0 Å². The maximum Gasteiger partial charge on any atom is 0.247 e. The molecular formula is C10H15N3O2S. The average Bonchev–Trinajstić information content (AvgIpc) is 2.60. The summed E-state index contributed by atoms with van der Waals surface area (Å²) in [5, 5.41) is 5.83. The first-order valence-electron chi connectivity index (χ1n) is 5.21. The normalized spacial score (nSPS) is 22.2. The lowest BCUT2D eigenvalue weighted by molar-refractivity contribution is -0.120. The fourth-order valence-corrected chi connectivity index (χ4v) is 2.24. The van der Waals surface area contributed by atoms with Crippen molar-refractivity contribution in [3.63, 3.8) is 0 Å². The van der Waals surface area contributed by atoms with Crippen molar-refractivity contribution in [1.29, 1.82) is 0 Å². The molecule has 0 saturated carbocycles. The van der Waals surface area contributed by atoms with E-state index in [4.69, 9.17) is 4.74 Å². The topological polar surface area (TPSA) is 54.5 Å². The third-order valence-corrected chi connectivity index (χ3v) is 3.30. The second kappa shape index (κ2) is 4.90. The number of hydrogen-bond acceptors (Lipinski definition) is 5. The third-order valence-electron chi connectivity index (χ3n) is 2.54. The molecule has 1 aliphatic heterocycles. The van der Waals surface area contributed by atoms with Gasteiger partial charge in [0.2, 0.25) is 5.91 Å². The van der Waals surface area contributed by atoms with E-state index in [0.717, 1.165) is 10.8 Å². The molecule has 1 aromatic heterocycles. The van der Waals surface area contributed by atoms with Gasteiger partial charge in [-0.05, 0) is 14.0 Å². The van der Waals surface area contributed by atoms with Gasteiger partial charge in [0.1, 0.15) is 11.9 Å². The molecule has 1 fully saturated rings.